The number of rotatable bonds is 7. The van der Waals surface area contributed by atoms with E-state index in [-0.39, 0.29) is 6.04 Å². The molecule has 2 rings (SSSR count). The molecule has 5 heteroatoms. The maximum Gasteiger partial charge on any atom is 0.243 e. The van der Waals surface area contributed by atoms with Crippen molar-refractivity contribution in [3.63, 3.8) is 0 Å². The molecule has 1 aromatic heterocycles. The van der Waals surface area contributed by atoms with E-state index in [1.54, 1.807) is 11.8 Å². The number of benzene rings is 1. The van der Waals surface area contributed by atoms with Gasteiger partial charge >= 0.3 is 0 Å². The van der Waals surface area contributed by atoms with Gasteiger partial charge in [-0.25, -0.2) is 0 Å². The van der Waals surface area contributed by atoms with Crippen molar-refractivity contribution in [3.8, 4) is 0 Å². The number of nitrogens with two attached hydrogens (primary N) is 1. The highest BCUT2D eigenvalue weighted by Gasteiger charge is 2.14. The highest BCUT2D eigenvalue weighted by molar-refractivity contribution is 7.98. The van der Waals surface area contributed by atoms with Crippen molar-refractivity contribution in [1.82, 2.24) is 10.1 Å². The lowest BCUT2D eigenvalue weighted by Gasteiger charge is -2.03. The van der Waals surface area contributed by atoms with Crippen LogP contribution in [0.15, 0.2) is 33.7 Å². The molecule has 20 heavy (non-hydrogen) atoms. The third-order valence-corrected chi connectivity index (χ3v) is 4.07. The fourth-order valence-electron chi connectivity index (χ4n) is 1.81. The van der Waals surface area contributed by atoms with E-state index in [1.807, 2.05) is 0 Å². The summed E-state index contributed by atoms with van der Waals surface area (Å²) in [6.07, 6.45) is 3.10. The second-order valence-electron chi connectivity index (χ2n) is 4.90. The van der Waals surface area contributed by atoms with E-state index >= 15 is 0 Å². The Morgan fingerprint density at radius 2 is 2.05 bits per heavy atom. The van der Waals surface area contributed by atoms with E-state index in [2.05, 4.69) is 48.3 Å². The number of aromatic nitrogens is 2. The van der Waals surface area contributed by atoms with E-state index < -0.39 is 0 Å². The molecule has 2 N–H and O–H groups in total. The number of thioether (sulfide) groups is 1. The maximum atomic E-state index is 6.02. The number of aryl methyl sites for hydroxylation is 1. The van der Waals surface area contributed by atoms with Crippen molar-refractivity contribution in [2.24, 2.45) is 5.73 Å². The molecule has 0 saturated carbocycles. The summed E-state index contributed by atoms with van der Waals surface area (Å²) in [6, 6.07) is 8.28. The maximum absolute atomic E-state index is 6.02. The zero-order valence-electron chi connectivity index (χ0n) is 12.0. The Labute approximate surface area is 124 Å². The Morgan fingerprint density at radius 1 is 1.30 bits per heavy atom. The van der Waals surface area contributed by atoms with E-state index in [4.69, 9.17) is 10.3 Å². The quantitative estimate of drug-likeness (QED) is 0.785. The zero-order valence-corrected chi connectivity index (χ0v) is 12.8. The van der Waals surface area contributed by atoms with Gasteiger partial charge in [-0.15, -0.1) is 11.8 Å². The highest BCUT2D eigenvalue weighted by atomic mass is 32.2. The molecular formula is C15H21N3OS. The molecule has 1 heterocycles. The van der Waals surface area contributed by atoms with E-state index in [1.165, 1.54) is 10.5 Å². The molecule has 0 amide bonds. The van der Waals surface area contributed by atoms with Crippen LogP contribution in [0.1, 0.15) is 49.5 Å². The molecule has 1 aromatic carbocycles. The summed E-state index contributed by atoms with van der Waals surface area (Å²) in [5.74, 6) is 1.96. The average Bonchev–Trinajstić information content (AvgIpc) is 2.93. The van der Waals surface area contributed by atoms with Gasteiger partial charge in [-0.3, -0.25) is 0 Å². The van der Waals surface area contributed by atoms with Crippen LogP contribution in [-0.4, -0.2) is 10.1 Å². The van der Waals surface area contributed by atoms with Gasteiger partial charge in [-0.2, -0.15) is 4.98 Å². The topological polar surface area (TPSA) is 64.9 Å². The van der Waals surface area contributed by atoms with Crippen molar-refractivity contribution in [3.05, 3.63) is 41.5 Å². The number of nitrogens with zero attached hydrogens (tertiary/aromatic N) is 2. The minimum Gasteiger partial charge on any atom is -0.338 e. The van der Waals surface area contributed by atoms with Crippen LogP contribution in [0.4, 0.5) is 0 Å². The first-order valence-electron chi connectivity index (χ1n) is 6.96. The van der Waals surface area contributed by atoms with Gasteiger partial charge in [0.2, 0.25) is 5.89 Å². The number of hydrogen-bond donors (Lipinski definition) is 1. The van der Waals surface area contributed by atoms with Crippen LogP contribution in [0, 0.1) is 6.92 Å². The van der Waals surface area contributed by atoms with Crippen LogP contribution in [0.25, 0.3) is 0 Å². The van der Waals surface area contributed by atoms with Crippen LogP contribution in [0.3, 0.4) is 0 Å². The minimum absolute atomic E-state index is 0.138. The molecule has 0 fully saturated rings. The molecule has 2 aromatic rings. The van der Waals surface area contributed by atoms with Crippen molar-refractivity contribution in [2.45, 2.75) is 49.8 Å². The summed E-state index contributed by atoms with van der Waals surface area (Å²) in [7, 11) is 0. The van der Waals surface area contributed by atoms with Gasteiger partial charge in [0.05, 0.1) is 11.8 Å². The third kappa shape index (κ3) is 4.35. The van der Waals surface area contributed by atoms with Crippen LogP contribution in [0.5, 0.6) is 0 Å². The summed E-state index contributed by atoms with van der Waals surface area (Å²) in [6.45, 7) is 4.22. The molecule has 1 atom stereocenters. The molecule has 0 spiro atoms. The van der Waals surface area contributed by atoms with Gasteiger partial charge in [-0.05, 0) is 25.5 Å². The van der Waals surface area contributed by atoms with Crippen LogP contribution >= 0.6 is 11.8 Å². The largest absolute Gasteiger partial charge is 0.338 e. The van der Waals surface area contributed by atoms with Crippen molar-refractivity contribution in [2.75, 3.05) is 0 Å². The second-order valence-corrected chi connectivity index (χ2v) is 5.95. The molecule has 0 unspecified atom stereocenters. The molecule has 0 saturated heterocycles. The fourth-order valence-corrected chi connectivity index (χ4v) is 2.55. The predicted octanol–water partition coefficient (Wildman–Crippen LogP) is 3.86. The van der Waals surface area contributed by atoms with Crippen molar-refractivity contribution < 1.29 is 4.52 Å². The van der Waals surface area contributed by atoms with Gasteiger partial charge in [0.1, 0.15) is 0 Å². The molecule has 0 aliphatic carbocycles. The Bertz CT molecular complexity index is 524. The van der Waals surface area contributed by atoms with E-state index in [0.717, 1.165) is 19.3 Å². The lowest BCUT2D eigenvalue weighted by Crippen LogP contribution is -2.10. The Kier molecular flexibility index (Phi) is 5.61. The predicted molar refractivity (Wildman–Crippen MR) is 81.5 cm³/mol. The van der Waals surface area contributed by atoms with Crippen molar-refractivity contribution >= 4 is 11.8 Å². The normalized spacial score (nSPS) is 12.6. The Balaban J connectivity index is 1.87. The van der Waals surface area contributed by atoms with Gasteiger partial charge in [0.25, 0.3) is 0 Å². The molecule has 0 radical (unpaired) electrons. The average molecular weight is 291 g/mol. The first-order chi connectivity index (χ1) is 9.69. The summed E-state index contributed by atoms with van der Waals surface area (Å²) in [4.78, 5) is 5.58. The molecule has 0 aliphatic rings. The summed E-state index contributed by atoms with van der Waals surface area (Å²) < 4.78 is 5.23. The Hall–Kier alpha value is -1.33. The Morgan fingerprint density at radius 3 is 2.75 bits per heavy atom. The second kappa shape index (κ2) is 7.45. The van der Waals surface area contributed by atoms with Crippen LogP contribution in [-0.2, 0) is 5.75 Å². The first-order valence-corrected chi connectivity index (χ1v) is 7.95. The third-order valence-electron chi connectivity index (χ3n) is 3.06. The summed E-state index contributed by atoms with van der Waals surface area (Å²) in [5.41, 5.74) is 7.28. The van der Waals surface area contributed by atoms with Gasteiger partial charge < -0.3 is 10.3 Å². The number of unbranched alkanes of at least 4 members (excludes halogenated alkanes) is 1. The monoisotopic (exact) mass is 291 g/mol. The van der Waals surface area contributed by atoms with Gasteiger partial charge in [-0.1, -0.05) is 42.6 Å². The lowest BCUT2D eigenvalue weighted by atomic mass is 10.1. The van der Waals surface area contributed by atoms with Crippen LogP contribution in [0.2, 0.25) is 0 Å². The van der Waals surface area contributed by atoms with E-state index in [0.29, 0.717) is 17.5 Å². The summed E-state index contributed by atoms with van der Waals surface area (Å²) >= 11 is 1.70. The first kappa shape index (κ1) is 15.1. The molecule has 0 bridgehead atoms. The van der Waals surface area contributed by atoms with Crippen LogP contribution < -0.4 is 5.73 Å². The van der Waals surface area contributed by atoms with Crippen molar-refractivity contribution in [1.29, 1.82) is 0 Å². The smallest absolute Gasteiger partial charge is 0.243 e. The van der Waals surface area contributed by atoms with E-state index in [9.17, 15) is 0 Å². The molecule has 4 nitrogen and oxygen atoms in total. The van der Waals surface area contributed by atoms with Gasteiger partial charge in [0.15, 0.2) is 5.82 Å². The fraction of sp³-hybridized carbons (Fsp3) is 0.467. The standard InChI is InChI=1S/C15H21N3OS/c1-3-4-5-13(16)15-17-14(18-19-15)10-20-12-8-6-11(2)7-9-12/h6-9,13H,3-5,10,16H2,1-2H3/t13-/m0/s1. The number of hydrogen-bond acceptors (Lipinski definition) is 5. The van der Waals surface area contributed by atoms with Gasteiger partial charge in [0, 0.05) is 4.90 Å². The molecule has 0 aliphatic heterocycles. The summed E-state index contributed by atoms with van der Waals surface area (Å²) in [5, 5.41) is 3.99. The molecule has 108 valence electrons. The minimum atomic E-state index is -0.138. The highest BCUT2D eigenvalue weighted by Crippen LogP contribution is 2.23. The SMILES string of the molecule is CCCC[C@H](N)c1nc(CSc2ccc(C)cc2)no1. The molecular weight excluding hydrogens is 270 g/mol. The zero-order chi connectivity index (χ0) is 14.4. The lowest BCUT2D eigenvalue weighted by molar-refractivity contribution is 0.343.